The van der Waals surface area contributed by atoms with Gasteiger partial charge in [-0.15, -0.1) is 0 Å². The number of ketones is 1. The predicted octanol–water partition coefficient (Wildman–Crippen LogP) is 6.44. The minimum absolute atomic E-state index is 0.167. The van der Waals surface area contributed by atoms with Gasteiger partial charge in [0.2, 0.25) is 0 Å². The monoisotopic (exact) mass is 432 g/mol. The zero-order valence-corrected chi connectivity index (χ0v) is 19.8. The van der Waals surface area contributed by atoms with E-state index in [1.165, 1.54) is 36.0 Å². The van der Waals surface area contributed by atoms with Gasteiger partial charge in [0.25, 0.3) is 0 Å². The van der Waals surface area contributed by atoms with E-state index in [0.29, 0.717) is 30.0 Å². The van der Waals surface area contributed by atoms with Crippen molar-refractivity contribution in [3.05, 3.63) is 58.2 Å². The number of carbonyl (C=O) groups is 2. The predicted molar refractivity (Wildman–Crippen MR) is 127 cm³/mol. The zero-order valence-electron chi connectivity index (χ0n) is 19.8. The lowest BCUT2D eigenvalue weighted by molar-refractivity contribution is -0.117. The van der Waals surface area contributed by atoms with Crippen LogP contribution in [0.3, 0.4) is 0 Å². The van der Waals surface area contributed by atoms with Crippen LogP contribution in [0, 0.1) is 22.7 Å². The average Bonchev–Trinajstić information content (AvgIpc) is 2.79. The van der Waals surface area contributed by atoms with Crippen LogP contribution in [0.25, 0.3) is 0 Å². The van der Waals surface area contributed by atoms with E-state index in [4.69, 9.17) is 4.74 Å². The van der Waals surface area contributed by atoms with Gasteiger partial charge >= 0.3 is 0 Å². The van der Waals surface area contributed by atoms with Crippen LogP contribution in [-0.2, 0) is 9.53 Å². The minimum Gasteiger partial charge on any atom is -0.384 e. The third-order valence-electron chi connectivity index (χ3n) is 9.68. The molecule has 0 radical (unpaired) electrons. The molecule has 1 aromatic rings. The van der Waals surface area contributed by atoms with Gasteiger partial charge in [0, 0.05) is 25.0 Å². The molecule has 0 aliphatic heterocycles. The van der Waals surface area contributed by atoms with Gasteiger partial charge in [-0.1, -0.05) is 50.1 Å². The molecule has 1 aromatic carbocycles. The second kappa shape index (κ2) is 8.09. The highest BCUT2D eigenvalue weighted by atomic mass is 16.5. The normalized spacial score (nSPS) is 36.7. The van der Waals surface area contributed by atoms with E-state index < -0.39 is 0 Å². The molecule has 4 aliphatic rings. The minimum atomic E-state index is 0.167. The molecule has 5 atom stereocenters. The van der Waals surface area contributed by atoms with E-state index >= 15 is 0 Å². The first-order valence-corrected chi connectivity index (χ1v) is 12.4. The number of hydrogen-bond acceptors (Lipinski definition) is 3. The standard InChI is InChI=1S/C29H36O3/c1-28(18-32-3)14-4-5-26-24-12-10-21-15-22(31)11-13-23(21)27(24)25(16-29(26,28)2)20-8-6-19(17-30)7-9-20/h6-9,15,17,24-26H,4-5,10-14,16,18H2,1-3H3/t24-,25-,26-,28-,29-/m0/s1. The van der Waals surface area contributed by atoms with Gasteiger partial charge in [-0.25, -0.2) is 0 Å². The van der Waals surface area contributed by atoms with Crippen LogP contribution in [0.15, 0.2) is 47.1 Å². The van der Waals surface area contributed by atoms with E-state index in [1.807, 2.05) is 25.3 Å². The Kier molecular flexibility index (Phi) is 5.52. The summed E-state index contributed by atoms with van der Waals surface area (Å²) < 4.78 is 5.81. The van der Waals surface area contributed by atoms with Crippen molar-refractivity contribution < 1.29 is 14.3 Å². The second-order valence-electron chi connectivity index (χ2n) is 11.2. The van der Waals surface area contributed by atoms with Gasteiger partial charge in [0.1, 0.15) is 6.29 Å². The molecule has 0 spiro atoms. The van der Waals surface area contributed by atoms with E-state index in [9.17, 15) is 9.59 Å². The first kappa shape index (κ1) is 21.8. The molecule has 4 aliphatic carbocycles. The van der Waals surface area contributed by atoms with Crippen molar-refractivity contribution in [2.75, 3.05) is 13.7 Å². The van der Waals surface area contributed by atoms with Gasteiger partial charge in [-0.2, -0.15) is 0 Å². The van der Waals surface area contributed by atoms with E-state index in [1.54, 1.807) is 5.57 Å². The number of methoxy groups -OCH3 is 1. The molecule has 0 heterocycles. The Labute approximate surface area is 192 Å². The maximum absolute atomic E-state index is 12.2. The Morgan fingerprint density at radius 3 is 2.59 bits per heavy atom. The first-order chi connectivity index (χ1) is 15.4. The fourth-order valence-electron chi connectivity index (χ4n) is 7.89. The number of benzene rings is 1. The van der Waals surface area contributed by atoms with E-state index in [0.717, 1.165) is 44.1 Å². The molecule has 3 heteroatoms. The van der Waals surface area contributed by atoms with Gasteiger partial charge in [0.15, 0.2) is 5.78 Å². The third-order valence-corrected chi connectivity index (χ3v) is 9.68. The number of rotatable bonds is 4. The number of fused-ring (bicyclic) bond motifs is 4. The lowest BCUT2D eigenvalue weighted by atomic mass is 9.42. The fourth-order valence-corrected chi connectivity index (χ4v) is 7.89. The van der Waals surface area contributed by atoms with Gasteiger partial charge in [0.05, 0.1) is 6.61 Å². The molecule has 2 fully saturated rings. The molecular formula is C29H36O3. The SMILES string of the molecule is COC[C@]1(C)CCC[C@H]2[C@@H]3CCC4=CC(=O)CCC4=C3[C@H](c3ccc(C=O)cc3)C[C@@]21C. The maximum Gasteiger partial charge on any atom is 0.156 e. The van der Waals surface area contributed by atoms with E-state index in [-0.39, 0.29) is 10.8 Å². The number of allylic oxidation sites excluding steroid dienone is 4. The van der Waals surface area contributed by atoms with Crippen LogP contribution in [0.4, 0.5) is 0 Å². The molecule has 0 saturated heterocycles. The third kappa shape index (κ3) is 3.27. The largest absolute Gasteiger partial charge is 0.384 e. The van der Waals surface area contributed by atoms with Crippen molar-refractivity contribution in [1.29, 1.82) is 0 Å². The van der Waals surface area contributed by atoms with Crippen LogP contribution in [0.2, 0.25) is 0 Å². The van der Waals surface area contributed by atoms with Crippen LogP contribution in [0.5, 0.6) is 0 Å². The molecule has 0 N–H and O–H groups in total. The van der Waals surface area contributed by atoms with Crippen LogP contribution >= 0.6 is 0 Å². The van der Waals surface area contributed by atoms with Crippen molar-refractivity contribution in [1.82, 2.24) is 0 Å². The van der Waals surface area contributed by atoms with E-state index in [2.05, 4.69) is 26.0 Å². The Hall–Kier alpha value is -2.00. The number of carbonyl (C=O) groups excluding carboxylic acids is 2. The van der Waals surface area contributed by atoms with Crippen molar-refractivity contribution in [2.45, 2.75) is 71.1 Å². The lowest BCUT2D eigenvalue weighted by Gasteiger charge is -2.62. The molecule has 170 valence electrons. The summed E-state index contributed by atoms with van der Waals surface area (Å²) in [5.74, 6) is 1.90. The first-order valence-electron chi connectivity index (χ1n) is 12.4. The fraction of sp³-hybridized carbons (Fsp3) is 0.586. The summed E-state index contributed by atoms with van der Waals surface area (Å²) in [7, 11) is 1.85. The smallest absolute Gasteiger partial charge is 0.156 e. The lowest BCUT2D eigenvalue weighted by Crippen LogP contribution is -2.55. The molecule has 32 heavy (non-hydrogen) atoms. The highest BCUT2D eigenvalue weighted by Crippen LogP contribution is 2.67. The zero-order chi connectivity index (χ0) is 22.5. The van der Waals surface area contributed by atoms with Crippen LogP contribution < -0.4 is 0 Å². The average molecular weight is 433 g/mol. The summed E-state index contributed by atoms with van der Waals surface area (Å²) in [6, 6.07) is 8.28. The quantitative estimate of drug-likeness (QED) is 0.514. The molecule has 0 bridgehead atoms. The molecular weight excluding hydrogens is 396 g/mol. The summed E-state index contributed by atoms with van der Waals surface area (Å²) in [5, 5.41) is 0. The van der Waals surface area contributed by atoms with Gasteiger partial charge in [-0.3, -0.25) is 9.59 Å². The summed E-state index contributed by atoms with van der Waals surface area (Å²) in [5.41, 5.74) is 6.85. The Bertz CT molecular complexity index is 980. The molecule has 2 saturated carbocycles. The Morgan fingerprint density at radius 1 is 1.09 bits per heavy atom. The molecule has 0 unspecified atom stereocenters. The summed E-state index contributed by atoms with van der Waals surface area (Å²) in [6.07, 6.45) is 11.5. The van der Waals surface area contributed by atoms with Gasteiger partial charge in [-0.05, 0) is 84.0 Å². The van der Waals surface area contributed by atoms with Crippen molar-refractivity contribution in [3.63, 3.8) is 0 Å². The highest BCUT2D eigenvalue weighted by molar-refractivity contribution is 5.93. The highest BCUT2D eigenvalue weighted by Gasteiger charge is 2.59. The second-order valence-corrected chi connectivity index (χ2v) is 11.2. The van der Waals surface area contributed by atoms with Crippen molar-refractivity contribution in [3.8, 4) is 0 Å². The van der Waals surface area contributed by atoms with Crippen LogP contribution in [-0.4, -0.2) is 25.8 Å². The maximum atomic E-state index is 12.2. The van der Waals surface area contributed by atoms with Crippen LogP contribution in [0.1, 0.15) is 87.1 Å². The Morgan fingerprint density at radius 2 is 1.88 bits per heavy atom. The molecule has 5 rings (SSSR count). The number of hydrogen-bond donors (Lipinski definition) is 0. The topological polar surface area (TPSA) is 43.4 Å². The Balaban J connectivity index is 1.67. The summed E-state index contributed by atoms with van der Waals surface area (Å²) in [4.78, 5) is 23.5. The molecule has 0 aromatic heterocycles. The van der Waals surface area contributed by atoms with Gasteiger partial charge < -0.3 is 4.74 Å². The van der Waals surface area contributed by atoms with Crippen molar-refractivity contribution >= 4 is 12.1 Å². The molecule has 3 nitrogen and oxygen atoms in total. The molecule has 0 amide bonds. The van der Waals surface area contributed by atoms with Crippen molar-refractivity contribution in [2.24, 2.45) is 22.7 Å². The summed E-state index contributed by atoms with van der Waals surface area (Å²) >= 11 is 0. The number of ether oxygens (including phenoxy) is 1. The summed E-state index contributed by atoms with van der Waals surface area (Å²) in [6.45, 7) is 5.82. The number of aldehydes is 1.